The van der Waals surface area contributed by atoms with Gasteiger partial charge in [-0.25, -0.2) is 4.79 Å². The standard InChI is InChI=1S/C24H39N5O6S/c1-3-14(2)20(26)23(33)28-18(12-15-7-9-16(30)10-8-15)22(32)27-17(6-4-5-11-25)21(31)29-19(13-36)24(34)35/h7-10,14,17-20,30,36H,3-6,11-13,25-26H2,1-2H3,(H,27,32)(H,28,33)(H,29,31)(H,34,35). The molecule has 5 atom stereocenters. The van der Waals surface area contributed by atoms with Crippen LogP contribution in [-0.4, -0.2) is 70.4 Å². The van der Waals surface area contributed by atoms with E-state index in [1.54, 1.807) is 12.1 Å². The van der Waals surface area contributed by atoms with Crippen molar-refractivity contribution < 1.29 is 29.4 Å². The molecule has 0 saturated carbocycles. The third-order valence-corrected chi connectivity index (χ3v) is 6.31. The number of carboxylic acids is 1. The highest BCUT2D eigenvalue weighted by molar-refractivity contribution is 7.80. The maximum absolute atomic E-state index is 13.3. The Kier molecular flexibility index (Phi) is 13.9. The van der Waals surface area contributed by atoms with E-state index in [1.165, 1.54) is 12.1 Å². The van der Waals surface area contributed by atoms with Crippen LogP contribution in [0.15, 0.2) is 24.3 Å². The lowest BCUT2D eigenvalue weighted by Gasteiger charge is -2.26. The van der Waals surface area contributed by atoms with Gasteiger partial charge >= 0.3 is 5.97 Å². The first-order chi connectivity index (χ1) is 17.0. The van der Waals surface area contributed by atoms with E-state index in [2.05, 4.69) is 28.6 Å². The highest BCUT2D eigenvalue weighted by Crippen LogP contribution is 2.13. The van der Waals surface area contributed by atoms with Crippen LogP contribution >= 0.6 is 12.6 Å². The summed E-state index contributed by atoms with van der Waals surface area (Å²) in [6, 6.07) is 1.98. The zero-order chi connectivity index (χ0) is 27.3. The predicted molar refractivity (Wildman–Crippen MR) is 139 cm³/mol. The first-order valence-corrected chi connectivity index (χ1v) is 12.7. The molecule has 0 bridgehead atoms. The molecule has 0 heterocycles. The summed E-state index contributed by atoms with van der Waals surface area (Å²) in [5.41, 5.74) is 12.3. The zero-order valence-electron chi connectivity index (χ0n) is 20.8. The van der Waals surface area contributed by atoms with Crippen molar-refractivity contribution in [2.24, 2.45) is 17.4 Å². The van der Waals surface area contributed by atoms with Gasteiger partial charge in [-0.3, -0.25) is 14.4 Å². The van der Waals surface area contributed by atoms with Gasteiger partial charge in [0.2, 0.25) is 17.7 Å². The number of thiol groups is 1. The smallest absolute Gasteiger partial charge is 0.327 e. The highest BCUT2D eigenvalue weighted by atomic mass is 32.1. The number of unbranched alkanes of at least 4 members (excludes halogenated alkanes) is 1. The molecule has 202 valence electrons. The van der Waals surface area contributed by atoms with Gasteiger partial charge in [0.25, 0.3) is 0 Å². The van der Waals surface area contributed by atoms with Gasteiger partial charge in [0.05, 0.1) is 6.04 Å². The van der Waals surface area contributed by atoms with Gasteiger partial charge in [-0.05, 0) is 49.4 Å². The number of carbonyl (C=O) groups excluding carboxylic acids is 3. The molecule has 36 heavy (non-hydrogen) atoms. The third kappa shape index (κ3) is 10.4. The Morgan fingerprint density at radius 3 is 2.03 bits per heavy atom. The van der Waals surface area contributed by atoms with Gasteiger partial charge < -0.3 is 37.6 Å². The van der Waals surface area contributed by atoms with Crippen molar-refractivity contribution in [3.8, 4) is 5.75 Å². The molecular weight excluding hydrogens is 486 g/mol. The quantitative estimate of drug-likeness (QED) is 0.108. The van der Waals surface area contributed by atoms with Crippen LogP contribution in [0.4, 0.5) is 0 Å². The summed E-state index contributed by atoms with van der Waals surface area (Å²) < 4.78 is 0. The van der Waals surface area contributed by atoms with Gasteiger partial charge in [-0.2, -0.15) is 12.6 Å². The molecule has 0 saturated heterocycles. The summed E-state index contributed by atoms with van der Waals surface area (Å²) in [7, 11) is 0. The minimum Gasteiger partial charge on any atom is -0.508 e. The number of hydrogen-bond donors (Lipinski definition) is 8. The van der Waals surface area contributed by atoms with E-state index in [0.29, 0.717) is 31.4 Å². The number of hydrogen-bond acceptors (Lipinski definition) is 8. The minimum absolute atomic E-state index is 0.0522. The lowest BCUT2D eigenvalue weighted by molar-refractivity contribution is -0.141. The molecule has 0 aromatic heterocycles. The highest BCUT2D eigenvalue weighted by Gasteiger charge is 2.30. The van der Waals surface area contributed by atoms with E-state index in [4.69, 9.17) is 11.5 Å². The maximum atomic E-state index is 13.3. The number of rotatable bonds is 16. The number of benzene rings is 1. The SMILES string of the molecule is CCC(C)C(N)C(=O)NC(Cc1ccc(O)cc1)C(=O)NC(CCCCN)C(=O)NC(CS)C(=O)O. The van der Waals surface area contributed by atoms with Crippen LogP contribution in [0.5, 0.6) is 5.75 Å². The second-order valence-corrected chi connectivity index (χ2v) is 9.14. The molecule has 0 aliphatic heterocycles. The lowest BCUT2D eigenvalue weighted by atomic mass is 9.98. The van der Waals surface area contributed by atoms with Crippen LogP contribution in [0.1, 0.15) is 45.1 Å². The number of phenols is 1. The number of phenolic OH excluding ortho intramolecular Hbond substituents is 1. The van der Waals surface area contributed by atoms with Crippen LogP contribution in [0.3, 0.4) is 0 Å². The van der Waals surface area contributed by atoms with Gasteiger partial charge in [0.1, 0.15) is 23.9 Å². The average Bonchev–Trinajstić information content (AvgIpc) is 2.85. The molecular formula is C24H39N5O6S. The summed E-state index contributed by atoms with van der Waals surface area (Å²) in [4.78, 5) is 50.2. The molecule has 12 heteroatoms. The Morgan fingerprint density at radius 2 is 1.50 bits per heavy atom. The molecule has 5 unspecified atom stereocenters. The number of nitrogens with two attached hydrogens (primary N) is 2. The fourth-order valence-electron chi connectivity index (χ4n) is 3.35. The molecule has 9 N–H and O–H groups in total. The molecule has 0 spiro atoms. The summed E-state index contributed by atoms with van der Waals surface area (Å²) in [5.74, 6) is -3.25. The van der Waals surface area contributed by atoms with Crippen LogP contribution in [0, 0.1) is 5.92 Å². The topological polar surface area (TPSA) is 197 Å². The monoisotopic (exact) mass is 525 g/mol. The molecule has 0 fully saturated rings. The number of nitrogens with one attached hydrogen (secondary N) is 3. The normalized spacial score (nSPS) is 15.1. The third-order valence-electron chi connectivity index (χ3n) is 5.95. The van der Waals surface area contributed by atoms with Crippen LogP contribution < -0.4 is 27.4 Å². The second kappa shape index (κ2) is 16.0. The van der Waals surface area contributed by atoms with Crippen LogP contribution in [0.2, 0.25) is 0 Å². The fraction of sp³-hybridized carbons (Fsp3) is 0.583. The molecule has 1 rings (SSSR count). The molecule has 0 radical (unpaired) electrons. The predicted octanol–water partition coefficient (Wildman–Crippen LogP) is -0.0941. The zero-order valence-corrected chi connectivity index (χ0v) is 21.7. The molecule has 11 nitrogen and oxygen atoms in total. The van der Waals surface area contributed by atoms with Crippen molar-refractivity contribution in [1.29, 1.82) is 0 Å². The molecule has 1 aromatic rings. The summed E-state index contributed by atoms with van der Waals surface area (Å²) in [6.45, 7) is 4.12. The van der Waals surface area contributed by atoms with Gasteiger partial charge in [0, 0.05) is 12.2 Å². The van der Waals surface area contributed by atoms with E-state index in [-0.39, 0.29) is 30.3 Å². The van der Waals surface area contributed by atoms with E-state index >= 15 is 0 Å². The maximum Gasteiger partial charge on any atom is 0.327 e. The number of aromatic hydroxyl groups is 1. The molecule has 3 amide bonds. The Bertz CT molecular complexity index is 869. The van der Waals surface area contributed by atoms with Gasteiger partial charge in [-0.1, -0.05) is 32.4 Å². The van der Waals surface area contributed by atoms with E-state index in [1.807, 2.05) is 13.8 Å². The lowest BCUT2D eigenvalue weighted by Crippen LogP contribution is -2.58. The van der Waals surface area contributed by atoms with Gasteiger partial charge in [0.15, 0.2) is 0 Å². The summed E-state index contributed by atoms with van der Waals surface area (Å²) in [6.07, 6.45) is 2.09. The first-order valence-electron chi connectivity index (χ1n) is 12.0. The van der Waals surface area contributed by atoms with E-state index in [9.17, 15) is 29.4 Å². The summed E-state index contributed by atoms with van der Waals surface area (Å²) >= 11 is 3.95. The number of carboxylic acid groups (broad SMARTS) is 1. The van der Waals surface area contributed by atoms with Crippen LogP contribution in [-0.2, 0) is 25.6 Å². The Hall–Kier alpha value is -2.83. The average molecular weight is 526 g/mol. The van der Waals surface area contributed by atoms with Crippen molar-refractivity contribution >= 4 is 36.3 Å². The van der Waals surface area contributed by atoms with Crippen molar-refractivity contribution in [1.82, 2.24) is 16.0 Å². The van der Waals surface area contributed by atoms with Gasteiger partial charge in [-0.15, -0.1) is 0 Å². The number of aliphatic carboxylic acids is 1. The van der Waals surface area contributed by atoms with Crippen LogP contribution in [0.25, 0.3) is 0 Å². The van der Waals surface area contributed by atoms with E-state index < -0.39 is 47.9 Å². The summed E-state index contributed by atoms with van der Waals surface area (Å²) in [5, 5.41) is 26.5. The number of carbonyl (C=O) groups is 4. The van der Waals surface area contributed by atoms with Crippen molar-refractivity contribution in [2.75, 3.05) is 12.3 Å². The Balaban J connectivity index is 3.12. The number of amides is 3. The van der Waals surface area contributed by atoms with E-state index in [0.717, 1.165) is 0 Å². The Labute approximate surface area is 217 Å². The molecule has 1 aromatic carbocycles. The molecule has 0 aliphatic rings. The van der Waals surface area contributed by atoms with Crippen molar-refractivity contribution in [3.63, 3.8) is 0 Å². The minimum atomic E-state index is -1.25. The van der Waals surface area contributed by atoms with Crippen molar-refractivity contribution in [2.45, 2.75) is 70.1 Å². The largest absolute Gasteiger partial charge is 0.508 e. The first kappa shape index (κ1) is 31.2. The molecule has 0 aliphatic carbocycles. The second-order valence-electron chi connectivity index (χ2n) is 8.77. The Morgan fingerprint density at radius 1 is 0.944 bits per heavy atom. The fourth-order valence-corrected chi connectivity index (χ4v) is 3.60. The van der Waals surface area contributed by atoms with Crippen molar-refractivity contribution in [3.05, 3.63) is 29.8 Å².